The van der Waals surface area contributed by atoms with Crippen molar-refractivity contribution in [1.82, 2.24) is 5.32 Å². The molecule has 0 aromatic carbocycles. The summed E-state index contributed by atoms with van der Waals surface area (Å²) < 4.78 is 0. The lowest BCUT2D eigenvalue weighted by atomic mass is 9.70. The molecule has 2 atom stereocenters. The summed E-state index contributed by atoms with van der Waals surface area (Å²) in [6.45, 7) is 2.88. The predicted molar refractivity (Wildman–Crippen MR) is 58.8 cm³/mol. The molecule has 2 saturated carbocycles. The molecule has 2 N–H and O–H groups in total. The van der Waals surface area contributed by atoms with Crippen LogP contribution in [0.15, 0.2) is 0 Å². The van der Waals surface area contributed by atoms with E-state index in [2.05, 4.69) is 12.2 Å². The molecule has 0 heterocycles. The van der Waals surface area contributed by atoms with Gasteiger partial charge in [0, 0.05) is 6.54 Å². The number of carbonyl (C=O) groups excluding carboxylic acids is 1. The molecule has 4 heteroatoms. The topological polar surface area (TPSA) is 66.4 Å². The van der Waals surface area contributed by atoms with E-state index < -0.39 is 11.9 Å². The standard InChI is InChI=1S/C12H19NO3/c1-12(5-2-6-12)7-13-10(14)8-3-4-9(8)11(15)16/h8-9H,2-7H2,1H3,(H,13,14)(H,15,16). The molecule has 0 saturated heterocycles. The molecule has 0 aliphatic heterocycles. The first-order chi connectivity index (χ1) is 7.52. The summed E-state index contributed by atoms with van der Waals surface area (Å²) in [5.74, 6) is -1.64. The van der Waals surface area contributed by atoms with Crippen molar-refractivity contribution < 1.29 is 14.7 Å². The van der Waals surface area contributed by atoms with Crippen LogP contribution in [0.4, 0.5) is 0 Å². The summed E-state index contributed by atoms with van der Waals surface area (Å²) in [6.07, 6.45) is 4.94. The summed E-state index contributed by atoms with van der Waals surface area (Å²) in [7, 11) is 0. The highest BCUT2D eigenvalue weighted by Crippen LogP contribution is 2.40. The lowest BCUT2D eigenvalue weighted by Crippen LogP contribution is -2.47. The van der Waals surface area contributed by atoms with E-state index in [0.29, 0.717) is 13.0 Å². The molecule has 2 aliphatic carbocycles. The van der Waals surface area contributed by atoms with E-state index in [4.69, 9.17) is 5.11 Å². The van der Waals surface area contributed by atoms with Gasteiger partial charge in [-0.2, -0.15) is 0 Å². The summed E-state index contributed by atoms with van der Waals surface area (Å²) in [4.78, 5) is 22.5. The molecule has 2 fully saturated rings. The molecule has 1 amide bonds. The number of carbonyl (C=O) groups is 2. The molecule has 4 nitrogen and oxygen atoms in total. The SMILES string of the molecule is CC1(CNC(=O)C2CCC2C(=O)O)CCC1. The summed E-state index contributed by atoms with van der Waals surface area (Å²) >= 11 is 0. The van der Waals surface area contributed by atoms with Crippen molar-refractivity contribution in [2.24, 2.45) is 17.3 Å². The van der Waals surface area contributed by atoms with E-state index in [1.807, 2.05) is 0 Å². The second kappa shape index (κ2) is 4.07. The Morgan fingerprint density at radius 2 is 1.94 bits per heavy atom. The number of amides is 1. The minimum atomic E-state index is -0.832. The molecule has 0 aromatic heterocycles. The van der Waals surface area contributed by atoms with Crippen LogP contribution in [0, 0.1) is 17.3 Å². The monoisotopic (exact) mass is 225 g/mol. The van der Waals surface area contributed by atoms with Crippen molar-refractivity contribution in [3.05, 3.63) is 0 Å². The van der Waals surface area contributed by atoms with Crippen molar-refractivity contribution in [2.75, 3.05) is 6.54 Å². The van der Waals surface area contributed by atoms with Crippen LogP contribution in [0.1, 0.15) is 39.0 Å². The maximum absolute atomic E-state index is 11.8. The Hall–Kier alpha value is -1.06. The van der Waals surface area contributed by atoms with E-state index >= 15 is 0 Å². The van der Waals surface area contributed by atoms with Crippen LogP contribution < -0.4 is 5.32 Å². The van der Waals surface area contributed by atoms with Gasteiger partial charge in [-0.3, -0.25) is 9.59 Å². The van der Waals surface area contributed by atoms with Crippen LogP contribution in [0.2, 0.25) is 0 Å². The van der Waals surface area contributed by atoms with Crippen molar-refractivity contribution in [3.8, 4) is 0 Å². The molecule has 0 spiro atoms. The Morgan fingerprint density at radius 1 is 1.31 bits per heavy atom. The van der Waals surface area contributed by atoms with Gasteiger partial charge in [-0.15, -0.1) is 0 Å². The summed E-state index contributed by atoms with van der Waals surface area (Å²) in [5.41, 5.74) is 0.262. The van der Waals surface area contributed by atoms with E-state index in [-0.39, 0.29) is 17.2 Å². The van der Waals surface area contributed by atoms with Gasteiger partial charge in [-0.1, -0.05) is 13.3 Å². The van der Waals surface area contributed by atoms with Crippen molar-refractivity contribution >= 4 is 11.9 Å². The molecule has 0 radical (unpaired) electrons. The first-order valence-electron chi connectivity index (χ1n) is 6.02. The minimum absolute atomic E-state index is 0.0632. The van der Waals surface area contributed by atoms with Gasteiger partial charge < -0.3 is 10.4 Å². The highest BCUT2D eigenvalue weighted by molar-refractivity contribution is 5.86. The molecule has 2 unspecified atom stereocenters. The predicted octanol–water partition coefficient (Wildman–Crippen LogP) is 1.40. The largest absolute Gasteiger partial charge is 0.481 e. The Bertz CT molecular complexity index is 309. The van der Waals surface area contributed by atoms with Gasteiger partial charge in [0.1, 0.15) is 0 Å². The molecule has 0 aromatic rings. The van der Waals surface area contributed by atoms with Crippen LogP contribution in [0.25, 0.3) is 0 Å². The second-order valence-electron chi connectivity index (χ2n) is 5.51. The first kappa shape index (κ1) is 11.4. The normalized spacial score (nSPS) is 31.1. The third kappa shape index (κ3) is 2.06. The number of hydrogen-bond acceptors (Lipinski definition) is 2. The van der Waals surface area contributed by atoms with E-state index in [1.54, 1.807) is 0 Å². The second-order valence-corrected chi connectivity index (χ2v) is 5.51. The first-order valence-corrected chi connectivity index (χ1v) is 6.02. The van der Waals surface area contributed by atoms with Crippen LogP contribution >= 0.6 is 0 Å². The molecule has 16 heavy (non-hydrogen) atoms. The average Bonchev–Trinajstić information content (AvgIpc) is 2.08. The lowest BCUT2D eigenvalue weighted by molar-refractivity contribution is -0.152. The van der Waals surface area contributed by atoms with E-state index in [1.165, 1.54) is 19.3 Å². The van der Waals surface area contributed by atoms with Crippen LogP contribution in [0.3, 0.4) is 0 Å². The number of carboxylic acid groups (broad SMARTS) is 1. The molecular formula is C12H19NO3. The zero-order valence-corrected chi connectivity index (χ0v) is 9.66. The average molecular weight is 225 g/mol. The molecule has 2 rings (SSSR count). The third-order valence-electron chi connectivity index (χ3n) is 4.18. The van der Waals surface area contributed by atoms with Crippen LogP contribution in [-0.4, -0.2) is 23.5 Å². The number of aliphatic carboxylic acids is 1. The van der Waals surface area contributed by atoms with Gasteiger partial charge in [-0.25, -0.2) is 0 Å². The van der Waals surface area contributed by atoms with E-state index in [9.17, 15) is 9.59 Å². The van der Waals surface area contributed by atoms with Gasteiger partial charge in [0.15, 0.2) is 0 Å². The highest BCUT2D eigenvalue weighted by Gasteiger charge is 2.42. The number of nitrogens with one attached hydrogen (secondary N) is 1. The molecule has 0 bridgehead atoms. The summed E-state index contributed by atoms with van der Waals surface area (Å²) in [6, 6.07) is 0. The maximum atomic E-state index is 11.8. The third-order valence-corrected chi connectivity index (χ3v) is 4.18. The van der Waals surface area contributed by atoms with Gasteiger partial charge in [0.05, 0.1) is 11.8 Å². The molecule has 90 valence electrons. The minimum Gasteiger partial charge on any atom is -0.481 e. The number of rotatable bonds is 4. The quantitative estimate of drug-likeness (QED) is 0.760. The van der Waals surface area contributed by atoms with Crippen LogP contribution in [0.5, 0.6) is 0 Å². The zero-order chi connectivity index (χ0) is 11.8. The summed E-state index contributed by atoms with van der Waals surface area (Å²) in [5, 5.41) is 11.8. The Morgan fingerprint density at radius 3 is 2.31 bits per heavy atom. The molecular weight excluding hydrogens is 206 g/mol. The fourth-order valence-corrected chi connectivity index (χ4v) is 2.50. The number of carboxylic acids is 1. The number of hydrogen-bond donors (Lipinski definition) is 2. The Labute approximate surface area is 95.4 Å². The fraction of sp³-hybridized carbons (Fsp3) is 0.833. The maximum Gasteiger partial charge on any atom is 0.307 e. The lowest BCUT2D eigenvalue weighted by Gasteiger charge is -2.39. The highest BCUT2D eigenvalue weighted by atomic mass is 16.4. The Balaban J connectivity index is 1.78. The van der Waals surface area contributed by atoms with Gasteiger partial charge in [-0.05, 0) is 31.1 Å². The Kier molecular flexibility index (Phi) is 2.91. The smallest absolute Gasteiger partial charge is 0.307 e. The zero-order valence-electron chi connectivity index (χ0n) is 9.66. The van der Waals surface area contributed by atoms with Crippen molar-refractivity contribution in [1.29, 1.82) is 0 Å². The van der Waals surface area contributed by atoms with E-state index in [0.717, 1.165) is 6.42 Å². The van der Waals surface area contributed by atoms with Crippen molar-refractivity contribution in [3.63, 3.8) is 0 Å². The van der Waals surface area contributed by atoms with Crippen molar-refractivity contribution in [2.45, 2.75) is 39.0 Å². The van der Waals surface area contributed by atoms with Gasteiger partial charge >= 0.3 is 5.97 Å². The molecule has 2 aliphatic rings. The van der Waals surface area contributed by atoms with Crippen LogP contribution in [-0.2, 0) is 9.59 Å². The van der Waals surface area contributed by atoms with Gasteiger partial charge in [0.2, 0.25) is 5.91 Å². The fourth-order valence-electron chi connectivity index (χ4n) is 2.50. The van der Waals surface area contributed by atoms with Gasteiger partial charge in [0.25, 0.3) is 0 Å².